The molecule has 0 amide bonds. The van der Waals surface area contributed by atoms with Crippen LogP contribution in [0.25, 0.3) is 11.1 Å². The zero-order chi connectivity index (χ0) is 23.0. The number of aliphatic hydroxyl groups is 1. The predicted octanol–water partition coefficient (Wildman–Crippen LogP) is 7.70. The second kappa shape index (κ2) is 15.8. The van der Waals surface area contributed by atoms with E-state index in [0.717, 1.165) is 61.6 Å². The highest BCUT2D eigenvalue weighted by Gasteiger charge is 2.13. The number of aryl methyl sites for hydroxylation is 1. The highest BCUT2D eigenvalue weighted by atomic mass is 19.1. The Morgan fingerprint density at radius 1 is 0.906 bits per heavy atom. The van der Waals surface area contributed by atoms with Crippen molar-refractivity contribution in [3.05, 3.63) is 48.2 Å². The van der Waals surface area contributed by atoms with Crippen molar-refractivity contribution in [3.8, 4) is 17.0 Å². The summed E-state index contributed by atoms with van der Waals surface area (Å²) in [7, 11) is 0. The molecule has 0 fully saturated rings. The fourth-order valence-corrected chi connectivity index (χ4v) is 3.90. The molecule has 0 saturated heterocycles. The van der Waals surface area contributed by atoms with Crippen molar-refractivity contribution in [2.45, 2.75) is 103 Å². The molecule has 1 N–H and O–H groups in total. The van der Waals surface area contributed by atoms with Gasteiger partial charge in [0.1, 0.15) is 6.17 Å². The van der Waals surface area contributed by atoms with E-state index in [2.05, 4.69) is 24.9 Å². The normalized spacial score (nSPS) is 13.1. The van der Waals surface area contributed by atoms with Crippen molar-refractivity contribution in [2.24, 2.45) is 0 Å². The van der Waals surface area contributed by atoms with Crippen LogP contribution in [-0.4, -0.2) is 29.0 Å². The maximum Gasteiger partial charge on any atom is 0.221 e. The summed E-state index contributed by atoms with van der Waals surface area (Å²) in [6.45, 7) is 4.66. The Kier molecular flexibility index (Phi) is 13.0. The number of aliphatic hydroxyl groups excluding tert-OH is 1. The Bertz CT molecular complexity index is 737. The minimum atomic E-state index is -0.820. The Labute approximate surface area is 194 Å². The highest BCUT2D eigenvalue weighted by molar-refractivity contribution is 5.69. The Balaban J connectivity index is 1.95. The van der Waals surface area contributed by atoms with Gasteiger partial charge in [-0.2, -0.15) is 0 Å². The molecule has 0 saturated carbocycles. The minimum absolute atomic E-state index is 0.267. The molecule has 3 nitrogen and oxygen atoms in total. The lowest BCUT2D eigenvalue weighted by Crippen LogP contribution is -2.10. The average Bonchev–Trinajstić information content (AvgIpc) is 2.82. The third kappa shape index (κ3) is 10.1. The first-order valence-electron chi connectivity index (χ1n) is 12.6. The number of benzene rings is 1. The molecule has 1 aromatic carbocycles. The summed E-state index contributed by atoms with van der Waals surface area (Å²) in [4.78, 5) is 4.57. The van der Waals surface area contributed by atoms with E-state index in [1.165, 1.54) is 19.3 Å². The Morgan fingerprint density at radius 2 is 1.62 bits per heavy atom. The van der Waals surface area contributed by atoms with Crippen LogP contribution in [0.15, 0.2) is 42.6 Å². The van der Waals surface area contributed by atoms with Crippen LogP contribution in [0.1, 0.15) is 90.0 Å². The molecule has 0 spiro atoms. The van der Waals surface area contributed by atoms with Crippen molar-refractivity contribution in [2.75, 3.05) is 6.61 Å². The predicted molar refractivity (Wildman–Crippen MR) is 132 cm³/mol. The SMILES string of the molecule is CCCCCCC(O)CCc1cnc(OCCC(F)CCCCC)c(-c2ccccc2)c1. The van der Waals surface area contributed by atoms with Crippen molar-refractivity contribution in [1.29, 1.82) is 0 Å². The van der Waals surface area contributed by atoms with Crippen molar-refractivity contribution in [3.63, 3.8) is 0 Å². The lowest BCUT2D eigenvalue weighted by atomic mass is 10.0. The van der Waals surface area contributed by atoms with Gasteiger partial charge < -0.3 is 9.84 Å². The van der Waals surface area contributed by atoms with Crippen LogP contribution in [-0.2, 0) is 6.42 Å². The summed E-state index contributed by atoms with van der Waals surface area (Å²) < 4.78 is 20.0. The number of nitrogens with zero attached hydrogens (tertiary/aromatic N) is 1. The van der Waals surface area contributed by atoms with Gasteiger partial charge >= 0.3 is 0 Å². The zero-order valence-corrected chi connectivity index (χ0v) is 20.1. The summed E-state index contributed by atoms with van der Waals surface area (Å²) in [5.41, 5.74) is 3.06. The van der Waals surface area contributed by atoms with Crippen LogP contribution >= 0.6 is 0 Å². The largest absolute Gasteiger partial charge is 0.477 e. The fourth-order valence-electron chi connectivity index (χ4n) is 3.90. The molecule has 32 heavy (non-hydrogen) atoms. The van der Waals surface area contributed by atoms with Crippen molar-refractivity contribution < 1.29 is 14.2 Å². The van der Waals surface area contributed by atoms with Gasteiger partial charge in [0, 0.05) is 18.2 Å². The average molecular weight is 444 g/mol. The summed E-state index contributed by atoms with van der Waals surface area (Å²) in [5.74, 6) is 0.556. The molecule has 178 valence electrons. The maximum absolute atomic E-state index is 14.1. The van der Waals surface area contributed by atoms with Gasteiger partial charge in [-0.25, -0.2) is 9.37 Å². The number of alkyl halides is 1. The van der Waals surface area contributed by atoms with Crippen LogP contribution < -0.4 is 4.74 Å². The number of pyridine rings is 1. The van der Waals surface area contributed by atoms with Crippen LogP contribution in [0.5, 0.6) is 5.88 Å². The molecule has 0 bridgehead atoms. The standard InChI is InChI=1S/C28H42FNO2/c1-3-5-7-12-16-26(31)18-17-23-21-27(24-13-10-8-11-14-24)28(30-22-23)32-20-19-25(29)15-9-6-4-2/h8,10-11,13-14,21-22,25-26,31H,3-7,9,12,15-20H2,1-2H3. The molecule has 2 rings (SSSR count). The Hall–Kier alpha value is -1.94. The summed E-state index contributed by atoms with van der Waals surface area (Å²) in [6.07, 6.45) is 12.0. The first-order chi connectivity index (χ1) is 15.6. The van der Waals surface area contributed by atoms with E-state index < -0.39 is 6.17 Å². The van der Waals surface area contributed by atoms with E-state index in [9.17, 15) is 9.50 Å². The zero-order valence-electron chi connectivity index (χ0n) is 20.1. The lowest BCUT2D eigenvalue weighted by molar-refractivity contribution is 0.151. The second-order valence-corrected chi connectivity index (χ2v) is 8.83. The van der Waals surface area contributed by atoms with Gasteiger partial charge in [-0.15, -0.1) is 0 Å². The van der Waals surface area contributed by atoms with Gasteiger partial charge in [-0.3, -0.25) is 0 Å². The molecule has 1 aromatic heterocycles. The number of rotatable bonds is 17. The van der Waals surface area contributed by atoms with Crippen LogP contribution in [0.4, 0.5) is 4.39 Å². The van der Waals surface area contributed by atoms with Gasteiger partial charge in [0.15, 0.2) is 0 Å². The van der Waals surface area contributed by atoms with Gasteiger partial charge in [-0.1, -0.05) is 89.1 Å². The molecule has 0 aliphatic carbocycles. The third-order valence-corrected chi connectivity index (χ3v) is 5.94. The maximum atomic E-state index is 14.1. The van der Waals surface area contributed by atoms with E-state index in [-0.39, 0.29) is 6.10 Å². The fraction of sp³-hybridized carbons (Fsp3) is 0.607. The molecular formula is C28H42FNO2. The summed E-state index contributed by atoms with van der Waals surface area (Å²) in [6, 6.07) is 12.2. The van der Waals surface area contributed by atoms with Crippen LogP contribution in [0.3, 0.4) is 0 Å². The van der Waals surface area contributed by atoms with Gasteiger partial charge in [-0.05, 0) is 42.9 Å². The molecule has 2 atom stereocenters. The number of ether oxygens (including phenoxy) is 1. The summed E-state index contributed by atoms with van der Waals surface area (Å²) >= 11 is 0. The van der Waals surface area contributed by atoms with E-state index in [1.54, 1.807) is 0 Å². The quantitative estimate of drug-likeness (QED) is 0.255. The smallest absolute Gasteiger partial charge is 0.221 e. The van der Waals surface area contributed by atoms with Gasteiger partial charge in [0.25, 0.3) is 0 Å². The van der Waals surface area contributed by atoms with E-state index >= 15 is 0 Å². The topological polar surface area (TPSA) is 42.4 Å². The number of hydrogen-bond donors (Lipinski definition) is 1. The van der Waals surface area contributed by atoms with Gasteiger partial charge in [0.05, 0.1) is 12.7 Å². The first-order valence-corrected chi connectivity index (χ1v) is 12.6. The van der Waals surface area contributed by atoms with Gasteiger partial charge in [0.2, 0.25) is 5.88 Å². The number of hydrogen-bond acceptors (Lipinski definition) is 3. The number of aromatic nitrogens is 1. The second-order valence-electron chi connectivity index (χ2n) is 8.83. The monoisotopic (exact) mass is 443 g/mol. The molecule has 0 radical (unpaired) electrons. The lowest BCUT2D eigenvalue weighted by Gasteiger charge is -2.15. The highest BCUT2D eigenvalue weighted by Crippen LogP contribution is 2.30. The number of unbranched alkanes of at least 4 members (excludes halogenated alkanes) is 5. The van der Waals surface area contributed by atoms with E-state index in [4.69, 9.17) is 4.74 Å². The van der Waals surface area contributed by atoms with Crippen LogP contribution in [0.2, 0.25) is 0 Å². The summed E-state index contributed by atoms with van der Waals surface area (Å²) in [5, 5.41) is 10.3. The molecule has 4 heteroatoms. The molecule has 0 aliphatic rings. The molecule has 2 unspecified atom stereocenters. The van der Waals surface area contributed by atoms with Crippen molar-refractivity contribution >= 4 is 0 Å². The molecule has 2 aromatic rings. The van der Waals surface area contributed by atoms with E-state index in [0.29, 0.717) is 25.3 Å². The molecule has 1 heterocycles. The third-order valence-electron chi connectivity index (χ3n) is 5.94. The van der Waals surface area contributed by atoms with Crippen molar-refractivity contribution in [1.82, 2.24) is 4.98 Å². The minimum Gasteiger partial charge on any atom is -0.477 e. The van der Waals surface area contributed by atoms with Crippen LogP contribution in [0, 0.1) is 0 Å². The van der Waals surface area contributed by atoms with E-state index in [1.807, 2.05) is 36.5 Å². The Morgan fingerprint density at radius 3 is 2.38 bits per heavy atom. The molecular weight excluding hydrogens is 401 g/mol. The first kappa shape index (κ1) is 26.3. The molecule has 0 aliphatic heterocycles. The number of halogens is 1.